The van der Waals surface area contributed by atoms with Crippen LogP contribution in [0.2, 0.25) is 0 Å². The summed E-state index contributed by atoms with van der Waals surface area (Å²) in [7, 11) is 1.49. The average molecular weight is 470 g/mol. The molecule has 3 aromatic carbocycles. The molecule has 0 saturated heterocycles. The number of nitrogens with one attached hydrogen (secondary N) is 1. The van der Waals surface area contributed by atoms with Crippen molar-refractivity contribution in [1.29, 1.82) is 0 Å². The maximum absolute atomic E-state index is 13.2. The molecular formula is C27H22N2O6. The van der Waals surface area contributed by atoms with Gasteiger partial charge in [-0.1, -0.05) is 48.0 Å². The van der Waals surface area contributed by atoms with Crippen molar-refractivity contribution in [2.24, 2.45) is 7.05 Å². The van der Waals surface area contributed by atoms with Gasteiger partial charge in [0.2, 0.25) is 0 Å². The molecule has 0 saturated carbocycles. The molecule has 0 aliphatic rings. The number of aromatic nitrogens is 1. The van der Waals surface area contributed by atoms with Gasteiger partial charge in [0, 0.05) is 23.7 Å². The summed E-state index contributed by atoms with van der Waals surface area (Å²) in [4.78, 5) is 49.5. The topological polar surface area (TPSA) is 115 Å². The quantitative estimate of drug-likeness (QED) is 0.412. The van der Waals surface area contributed by atoms with E-state index in [0.717, 1.165) is 11.1 Å². The van der Waals surface area contributed by atoms with Crippen molar-refractivity contribution in [3.05, 3.63) is 100.0 Å². The Bertz CT molecular complexity index is 1500. The number of benzene rings is 3. The molecular weight excluding hydrogens is 448 g/mol. The summed E-state index contributed by atoms with van der Waals surface area (Å²) in [6.07, 6.45) is 0. The van der Waals surface area contributed by atoms with Crippen molar-refractivity contribution in [3.63, 3.8) is 0 Å². The van der Waals surface area contributed by atoms with Gasteiger partial charge in [0.25, 0.3) is 11.5 Å². The third kappa shape index (κ3) is 4.81. The number of esters is 1. The molecule has 0 radical (unpaired) electrons. The van der Waals surface area contributed by atoms with E-state index in [2.05, 4.69) is 5.32 Å². The Balaban J connectivity index is 1.64. The van der Waals surface area contributed by atoms with Crippen molar-refractivity contribution in [2.45, 2.75) is 6.92 Å². The van der Waals surface area contributed by atoms with Crippen molar-refractivity contribution < 1.29 is 24.2 Å². The summed E-state index contributed by atoms with van der Waals surface area (Å²) in [5.74, 6) is -2.51. The number of carbonyl (C=O) groups is 3. The zero-order valence-electron chi connectivity index (χ0n) is 19.1. The third-order valence-electron chi connectivity index (χ3n) is 5.59. The molecule has 0 spiro atoms. The van der Waals surface area contributed by atoms with Gasteiger partial charge in [-0.3, -0.25) is 9.59 Å². The number of hydrogen-bond donors (Lipinski definition) is 2. The number of fused-ring (bicyclic) bond motifs is 1. The molecule has 0 aliphatic heterocycles. The van der Waals surface area contributed by atoms with E-state index in [1.165, 1.54) is 35.9 Å². The minimum atomic E-state index is -1.08. The summed E-state index contributed by atoms with van der Waals surface area (Å²) >= 11 is 0. The number of carboxylic acid groups (broad SMARTS) is 1. The van der Waals surface area contributed by atoms with Gasteiger partial charge < -0.3 is 19.7 Å². The van der Waals surface area contributed by atoms with Crippen LogP contribution in [-0.4, -0.2) is 34.1 Å². The van der Waals surface area contributed by atoms with Gasteiger partial charge in [-0.15, -0.1) is 0 Å². The first kappa shape index (κ1) is 23.4. The number of aryl methyl sites for hydroxylation is 1. The van der Waals surface area contributed by atoms with E-state index in [0.29, 0.717) is 22.0 Å². The van der Waals surface area contributed by atoms with Crippen LogP contribution >= 0.6 is 0 Å². The van der Waals surface area contributed by atoms with E-state index in [9.17, 15) is 19.2 Å². The summed E-state index contributed by atoms with van der Waals surface area (Å²) in [5.41, 5.74) is 2.43. The van der Waals surface area contributed by atoms with E-state index in [4.69, 9.17) is 9.84 Å². The summed E-state index contributed by atoms with van der Waals surface area (Å²) in [6.45, 7) is 1.36. The highest BCUT2D eigenvalue weighted by atomic mass is 16.5. The fourth-order valence-corrected chi connectivity index (χ4v) is 3.81. The molecule has 0 atom stereocenters. The molecule has 2 N–H and O–H groups in total. The van der Waals surface area contributed by atoms with Crippen LogP contribution < -0.4 is 10.9 Å². The van der Waals surface area contributed by atoms with Crippen LogP contribution in [-0.2, 0) is 16.6 Å². The highest BCUT2D eigenvalue weighted by Gasteiger charge is 2.23. The second kappa shape index (κ2) is 9.64. The summed E-state index contributed by atoms with van der Waals surface area (Å²) in [6, 6.07) is 20.1. The van der Waals surface area contributed by atoms with E-state index >= 15 is 0 Å². The lowest BCUT2D eigenvalue weighted by molar-refractivity contribution is -0.119. The normalized spacial score (nSPS) is 10.7. The van der Waals surface area contributed by atoms with Crippen LogP contribution in [0.25, 0.3) is 21.9 Å². The Morgan fingerprint density at radius 1 is 0.914 bits per heavy atom. The number of nitrogens with zero attached hydrogens (tertiary/aromatic N) is 1. The lowest BCUT2D eigenvalue weighted by atomic mass is 9.96. The minimum absolute atomic E-state index is 0.0381. The van der Waals surface area contributed by atoms with Gasteiger partial charge in [-0.2, -0.15) is 0 Å². The third-order valence-corrected chi connectivity index (χ3v) is 5.59. The first-order valence-electron chi connectivity index (χ1n) is 10.8. The van der Waals surface area contributed by atoms with E-state index in [1.54, 1.807) is 24.3 Å². The Kier molecular flexibility index (Phi) is 6.46. The van der Waals surface area contributed by atoms with E-state index < -0.39 is 24.5 Å². The number of hydrogen-bond acceptors (Lipinski definition) is 5. The highest BCUT2D eigenvalue weighted by molar-refractivity contribution is 6.07. The first-order chi connectivity index (χ1) is 16.8. The monoisotopic (exact) mass is 470 g/mol. The van der Waals surface area contributed by atoms with Crippen LogP contribution in [0.15, 0.2) is 77.6 Å². The molecule has 35 heavy (non-hydrogen) atoms. The summed E-state index contributed by atoms with van der Waals surface area (Å²) in [5, 5.41) is 12.6. The number of amides is 1. The second-order valence-electron chi connectivity index (χ2n) is 8.01. The van der Waals surface area contributed by atoms with Crippen molar-refractivity contribution >= 4 is 34.3 Å². The van der Waals surface area contributed by atoms with Crippen LogP contribution in [0, 0.1) is 6.92 Å². The van der Waals surface area contributed by atoms with Crippen molar-refractivity contribution in [3.8, 4) is 11.1 Å². The van der Waals surface area contributed by atoms with Crippen LogP contribution in [0.4, 0.5) is 5.69 Å². The Labute approximate surface area is 200 Å². The van der Waals surface area contributed by atoms with Crippen molar-refractivity contribution in [1.82, 2.24) is 4.57 Å². The lowest BCUT2D eigenvalue weighted by Gasteiger charge is -2.17. The van der Waals surface area contributed by atoms with Crippen LogP contribution in [0.5, 0.6) is 0 Å². The lowest BCUT2D eigenvalue weighted by Crippen LogP contribution is -2.28. The molecule has 0 unspecified atom stereocenters. The minimum Gasteiger partial charge on any atom is -0.478 e. The van der Waals surface area contributed by atoms with Gasteiger partial charge in [-0.25, -0.2) is 9.59 Å². The number of rotatable bonds is 6. The van der Waals surface area contributed by atoms with Gasteiger partial charge in [0.15, 0.2) is 6.61 Å². The van der Waals surface area contributed by atoms with Crippen LogP contribution in [0.1, 0.15) is 26.4 Å². The molecule has 176 valence electrons. The molecule has 4 rings (SSSR count). The van der Waals surface area contributed by atoms with Gasteiger partial charge in [0.1, 0.15) is 5.69 Å². The number of aromatic carboxylic acids is 1. The van der Waals surface area contributed by atoms with E-state index in [-0.39, 0.29) is 16.8 Å². The maximum Gasteiger partial charge on any atom is 0.356 e. The van der Waals surface area contributed by atoms with Crippen LogP contribution in [0.3, 0.4) is 0 Å². The Morgan fingerprint density at radius 2 is 1.54 bits per heavy atom. The zero-order chi connectivity index (χ0) is 25.1. The number of carbonyl (C=O) groups excluding carboxylic acids is 2. The molecule has 4 aromatic rings. The number of anilines is 1. The Morgan fingerprint density at radius 3 is 2.17 bits per heavy atom. The SMILES string of the molecule is Cc1ccc(-c2c(C(=O)OCC(=O)Nc3ccc(C(=O)O)cc3)n(C)c(=O)c3ccccc23)cc1. The van der Waals surface area contributed by atoms with Gasteiger partial charge in [-0.05, 0) is 48.2 Å². The molecule has 0 fully saturated rings. The molecule has 1 aromatic heterocycles. The highest BCUT2D eigenvalue weighted by Crippen LogP contribution is 2.31. The molecule has 0 bridgehead atoms. The van der Waals surface area contributed by atoms with Gasteiger partial charge >= 0.3 is 11.9 Å². The van der Waals surface area contributed by atoms with Crippen molar-refractivity contribution in [2.75, 3.05) is 11.9 Å². The smallest absolute Gasteiger partial charge is 0.356 e. The molecule has 8 nitrogen and oxygen atoms in total. The average Bonchev–Trinajstić information content (AvgIpc) is 2.85. The van der Waals surface area contributed by atoms with E-state index in [1.807, 2.05) is 31.2 Å². The first-order valence-corrected chi connectivity index (χ1v) is 10.8. The fraction of sp³-hybridized carbons (Fsp3) is 0.111. The number of pyridine rings is 1. The largest absolute Gasteiger partial charge is 0.478 e. The summed E-state index contributed by atoms with van der Waals surface area (Å²) < 4.78 is 6.53. The van der Waals surface area contributed by atoms with Gasteiger partial charge in [0.05, 0.1) is 5.56 Å². The molecule has 1 amide bonds. The molecule has 0 aliphatic carbocycles. The number of ether oxygens (including phenoxy) is 1. The standard InChI is InChI=1S/C27H22N2O6/c1-16-7-9-17(10-8-16)23-20-5-3-4-6-21(20)25(31)29(2)24(23)27(34)35-15-22(30)28-19-13-11-18(12-14-19)26(32)33/h3-14H,15H2,1-2H3,(H,28,30)(H,32,33). The zero-order valence-corrected chi connectivity index (χ0v) is 19.1. The predicted molar refractivity (Wildman–Crippen MR) is 132 cm³/mol. The predicted octanol–water partition coefficient (Wildman–Crippen LogP) is 4.01. The number of carboxylic acids is 1. The maximum atomic E-state index is 13.2. The molecule has 1 heterocycles. The second-order valence-corrected chi connectivity index (χ2v) is 8.01. The fourth-order valence-electron chi connectivity index (χ4n) is 3.81. The Hall–Kier alpha value is -4.72. The molecule has 8 heteroatoms.